The molecular formula is C17H13N3O5. The van der Waals surface area contributed by atoms with Gasteiger partial charge in [0.05, 0.1) is 21.7 Å². The molecule has 126 valence electrons. The van der Waals surface area contributed by atoms with Crippen molar-refractivity contribution < 1.29 is 19.2 Å². The molecule has 0 saturated carbocycles. The molecule has 2 rings (SSSR count). The van der Waals surface area contributed by atoms with Crippen LogP contribution in [0.5, 0.6) is 0 Å². The van der Waals surface area contributed by atoms with Crippen molar-refractivity contribution in [2.24, 2.45) is 0 Å². The molecule has 1 atom stereocenters. The molecule has 2 aromatic carbocycles. The monoisotopic (exact) mass is 339 g/mol. The van der Waals surface area contributed by atoms with Gasteiger partial charge in [0.1, 0.15) is 6.07 Å². The van der Waals surface area contributed by atoms with Crippen LogP contribution in [0.4, 0.5) is 11.4 Å². The van der Waals surface area contributed by atoms with Gasteiger partial charge < -0.3 is 10.1 Å². The van der Waals surface area contributed by atoms with E-state index in [1.807, 2.05) is 6.07 Å². The quantitative estimate of drug-likeness (QED) is 0.507. The zero-order valence-electron chi connectivity index (χ0n) is 13.1. The maximum absolute atomic E-state index is 12.1. The Bertz CT molecular complexity index is 873. The lowest BCUT2D eigenvalue weighted by Gasteiger charge is -2.14. The number of benzene rings is 2. The van der Waals surface area contributed by atoms with Crippen molar-refractivity contribution in [1.82, 2.24) is 0 Å². The predicted molar refractivity (Wildman–Crippen MR) is 87.8 cm³/mol. The third-order valence-electron chi connectivity index (χ3n) is 3.25. The fourth-order valence-corrected chi connectivity index (χ4v) is 1.95. The van der Waals surface area contributed by atoms with E-state index in [-0.39, 0.29) is 16.8 Å². The van der Waals surface area contributed by atoms with Crippen molar-refractivity contribution in [3.8, 4) is 6.07 Å². The standard InChI is InChI=1S/C17H13N3O5/c1-11(16(21)19-15-8-3-2-5-13(15)10-18)25-17(22)12-6-4-7-14(9-12)20(23)24/h2-9,11H,1H3,(H,19,21). The number of non-ortho nitro benzene ring substituents is 1. The summed E-state index contributed by atoms with van der Waals surface area (Å²) >= 11 is 0. The number of ether oxygens (including phenoxy) is 1. The lowest BCUT2D eigenvalue weighted by Crippen LogP contribution is -2.30. The van der Waals surface area contributed by atoms with E-state index in [1.54, 1.807) is 18.2 Å². The Balaban J connectivity index is 2.06. The minimum Gasteiger partial charge on any atom is -0.449 e. The molecule has 0 spiro atoms. The molecule has 0 saturated heterocycles. The summed E-state index contributed by atoms with van der Waals surface area (Å²) in [6.45, 7) is 1.36. The van der Waals surface area contributed by atoms with Crippen LogP contribution in [0.2, 0.25) is 0 Å². The van der Waals surface area contributed by atoms with Crippen LogP contribution in [0.15, 0.2) is 48.5 Å². The molecular weight excluding hydrogens is 326 g/mol. The smallest absolute Gasteiger partial charge is 0.339 e. The molecule has 0 heterocycles. The number of nitrogens with zero attached hydrogens (tertiary/aromatic N) is 2. The Morgan fingerprint density at radius 2 is 1.96 bits per heavy atom. The highest BCUT2D eigenvalue weighted by molar-refractivity contribution is 5.98. The van der Waals surface area contributed by atoms with E-state index < -0.39 is 22.9 Å². The summed E-state index contributed by atoms with van der Waals surface area (Å²) in [5.41, 5.74) is 0.280. The zero-order valence-corrected chi connectivity index (χ0v) is 13.1. The van der Waals surface area contributed by atoms with Crippen molar-refractivity contribution in [1.29, 1.82) is 5.26 Å². The number of carbonyl (C=O) groups excluding carboxylic acids is 2. The third kappa shape index (κ3) is 4.39. The van der Waals surface area contributed by atoms with Gasteiger partial charge in [-0.3, -0.25) is 14.9 Å². The summed E-state index contributed by atoms with van der Waals surface area (Å²) in [4.78, 5) is 34.2. The molecule has 1 unspecified atom stereocenters. The molecule has 0 aliphatic heterocycles. The summed E-state index contributed by atoms with van der Waals surface area (Å²) in [5, 5.41) is 22.2. The van der Waals surface area contributed by atoms with E-state index in [2.05, 4.69) is 5.32 Å². The Morgan fingerprint density at radius 1 is 1.24 bits per heavy atom. The average molecular weight is 339 g/mol. The second-order valence-electron chi connectivity index (χ2n) is 5.00. The molecule has 0 radical (unpaired) electrons. The summed E-state index contributed by atoms with van der Waals surface area (Å²) in [6, 6.07) is 13.3. The van der Waals surface area contributed by atoms with E-state index in [9.17, 15) is 19.7 Å². The van der Waals surface area contributed by atoms with Gasteiger partial charge in [-0.05, 0) is 25.1 Å². The zero-order chi connectivity index (χ0) is 18.4. The van der Waals surface area contributed by atoms with Gasteiger partial charge >= 0.3 is 5.97 Å². The number of carbonyl (C=O) groups is 2. The first-order chi connectivity index (χ1) is 11.9. The van der Waals surface area contributed by atoms with Gasteiger partial charge in [-0.15, -0.1) is 0 Å². The fourth-order valence-electron chi connectivity index (χ4n) is 1.95. The molecule has 0 bridgehead atoms. The third-order valence-corrected chi connectivity index (χ3v) is 3.25. The molecule has 2 aromatic rings. The summed E-state index contributed by atoms with van der Waals surface area (Å²) in [6.07, 6.45) is -1.15. The number of nitriles is 1. The average Bonchev–Trinajstić information content (AvgIpc) is 2.62. The van der Waals surface area contributed by atoms with Crippen molar-refractivity contribution in [2.75, 3.05) is 5.32 Å². The van der Waals surface area contributed by atoms with Crippen LogP contribution in [0, 0.1) is 21.4 Å². The van der Waals surface area contributed by atoms with Gasteiger partial charge in [-0.1, -0.05) is 18.2 Å². The first-order valence-corrected chi connectivity index (χ1v) is 7.18. The number of hydrogen-bond acceptors (Lipinski definition) is 6. The van der Waals surface area contributed by atoms with Gasteiger partial charge in [-0.2, -0.15) is 5.26 Å². The number of rotatable bonds is 5. The predicted octanol–water partition coefficient (Wildman–Crippen LogP) is 2.65. The topological polar surface area (TPSA) is 122 Å². The van der Waals surface area contributed by atoms with Gasteiger partial charge in [0.2, 0.25) is 0 Å². The Hall–Kier alpha value is -3.73. The SMILES string of the molecule is CC(OC(=O)c1cccc([N+](=O)[O-])c1)C(=O)Nc1ccccc1C#N. The number of esters is 1. The first-order valence-electron chi connectivity index (χ1n) is 7.18. The van der Waals surface area contributed by atoms with Gasteiger partial charge in [0.15, 0.2) is 6.10 Å². The number of para-hydroxylation sites is 1. The largest absolute Gasteiger partial charge is 0.449 e. The number of anilines is 1. The minimum atomic E-state index is -1.15. The molecule has 25 heavy (non-hydrogen) atoms. The lowest BCUT2D eigenvalue weighted by atomic mass is 10.2. The minimum absolute atomic E-state index is 0.0359. The summed E-state index contributed by atoms with van der Waals surface area (Å²) in [7, 11) is 0. The second-order valence-corrected chi connectivity index (χ2v) is 5.00. The molecule has 1 amide bonds. The van der Waals surface area contributed by atoms with Crippen molar-refractivity contribution in [3.63, 3.8) is 0 Å². The highest BCUT2D eigenvalue weighted by Gasteiger charge is 2.21. The number of nitro benzene ring substituents is 1. The van der Waals surface area contributed by atoms with Crippen LogP contribution in [-0.2, 0) is 9.53 Å². The Morgan fingerprint density at radius 3 is 2.64 bits per heavy atom. The molecule has 0 fully saturated rings. The van der Waals surface area contributed by atoms with Crippen molar-refractivity contribution >= 4 is 23.3 Å². The maximum atomic E-state index is 12.1. The fraction of sp³-hybridized carbons (Fsp3) is 0.118. The Kier molecular flexibility index (Phi) is 5.43. The summed E-state index contributed by atoms with van der Waals surface area (Å²) < 4.78 is 5.02. The van der Waals surface area contributed by atoms with E-state index in [0.717, 1.165) is 6.07 Å². The van der Waals surface area contributed by atoms with E-state index >= 15 is 0 Å². The van der Waals surface area contributed by atoms with E-state index in [0.29, 0.717) is 5.69 Å². The molecule has 8 heteroatoms. The highest BCUT2D eigenvalue weighted by atomic mass is 16.6. The van der Waals surface area contributed by atoms with E-state index in [4.69, 9.17) is 10.00 Å². The Labute approximate surface area is 142 Å². The molecule has 0 aromatic heterocycles. The molecule has 0 aliphatic carbocycles. The van der Waals surface area contributed by atoms with Gasteiger partial charge in [0.25, 0.3) is 11.6 Å². The van der Waals surface area contributed by atoms with Crippen LogP contribution in [0.1, 0.15) is 22.8 Å². The van der Waals surface area contributed by atoms with Gasteiger partial charge in [0, 0.05) is 12.1 Å². The van der Waals surface area contributed by atoms with Crippen molar-refractivity contribution in [2.45, 2.75) is 13.0 Å². The molecule has 0 aliphatic rings. The van der Waals surface area contributed by atoms with Gasteiger partial charge in [-0.25, -0.2) is 4.79 Å². The number of amides is 1. The highest BCUT2D eigenvalue weighted by Crippen LogP contribution is 2.16. The van der Waals surface area contributed by atoms with Crippen LogP contribution < -0.4 is 5.32 Å². The molecule has 1 N–H and O–H groups in total. The summed E-state index contributed by atoms with van der Waals surface area (Å²) in [5.74, 6) is -1.48. The van der Waals surface area contributed by atoms with Crippen LogP contribution in [0.3, 0.4) is 0 Å². The second kappa shape index (κ2) is 7.70. The van der Waals surface area contributed by atoms with E-state index in [1.165, 1.54) is 31.2 Å². The lowest BCUT2D eigenvalue weighted by molar-refractivity contribution is -0.384. The normalized spacial score (nSPS) is 11.0. The van der Waals surface area contributed by atoms with Crippen LogP contribution in [-0.4, -0.2) is 22.9 Å². The number of nitrogens with one attached hydrogen (secondary N) is 1. The molecule has 8 nitrogen and oxygen atoms in total. The van der Waals surface area contributed by atoms with Crippen molar-refractivity contribution in [3.05, 3.63) is 69.8 Å². The maximum Gasteiger partial charge on any atom is 0.339 e. The number of nitro groups is 1. The van der Waals surface area contributed by atoms with Crippen LogP contribution in [0.25, 0.3) is 0 Å². The first kappa shape index (κ1) is 17.6. The van der Waals surface area contributed by atoms with Crippen LogP contribution >= 0.6 is 0 Å². The number of hydrogen-bond donors (Lipinski definition) is 1.